The summed E-state index contributed by atoms with van der Waals surface area (Å²) in [5, 5.41) is 23.0. The van der Waals surface area contributed by atoms with E-state index in [4.69, 9.17) is 5.11 Å². The Kier molecular flexibility index (Phi) is 3.61. The smallest absolute Gasteiger partial charge is 0.292 e. The minimum atomic E-state index is -0.417. The van der Waals surface area contributed by atoms with Gasteiger partial charge in [0.1, 0.15) is 11.4 Å². The van der Waals surface area contributed by atoms with Crippen molar-refractivity contribution in [3.05, 3.63) is 57.9 Å². The van der Waals surface area contributed by atoms with Crippen LogP contribution in [0, 0.1) is 17.0 Å². The van der Waals surface area contributed by atoms with Crippen LogP contribution in [-0.4, -0.2) is 15.0 Å². The highest BCUT2D eigenvalue weighted by Crippen LogP contribution is 2.25. The Morgan fingerprint density at radius 2 is 2.16 bits per heavy atom. The molecule has 19 heavy (non-hydrogen) atoms. The highest BCUT2D eigenvalue weighted by Gasteiger charge is 2.13. The van der Waals surface area contributed by atoms with E-state index in [1.807, 2.05) is 0 Å². The van der Waals surface area contributed by atoms with Crippen molar-refractivity contribution in [3.8, 4) is 5.75 Å². The Labute approximate surface area is 109 Å². The third kappa shape index (κ3) is 3.19. The lowest BCUT2D eigenvalue weighted by Crippen LogP contribution is -2.04. The van der Waals surface area contributed by atoms with Crippen molar-refractivity contribution in [2.24, 2.45) is 0 Å². The fraction of sp³-hybridized carbons (Fsp3) is 0.154. The minimum absolute atomic E-state index is 0.0405. The summed E-state index contributed by atoms with van der Waals surface area (Å²) in [6, 6.07) is 8.18. The first-order valence-electron chi connectivity index (χ1n) is 5.69. The summed E-state index contributed by atoms with van der Waals surface area (Å²) < 4.78 is 0. The predicted molar refractivity (Wildman–Crippen MR) is 71.1 cm³/mol. The van der Waals surface area contributed by atoms with Crippen LogP contribution in [0.4, 0.5) is 11.4 Å². The van der Waals surface area contributed by atoms with Crippen LogP contribution in [0.25, 0.3) is 0 Å². The van der Waals surface area contributed by atoms with E-state index in [2.05, 4.69) is 10.3 Å². The van der Waals surface area contributed by atoms with E-state index in [1.54, 1.807) is 25.1 Å². The van der Waals surface area contributed by atoms with Gasteiger partial charge in [0.05, 0.1) is 23.4 Å². The van der Waals surface area contributed by atoms with Crippen LogP contribution in [0.5, 0.6) is 5.75 Å². The van der Waals surface area contributed by atoms with Crippen molar-refractivity contribution < 1.29 is 10.0 Å². The minimum Gasteiger partial charge on any atom is -0.506 e. The molecule has 0 aliphatic heterocycles. The molecule has 2 rings (SSSR count). The maximum absolute atomic E-state index is 10.9. The number of aryl methyl sites for hydroxylation is 1. The Hall–Kier alpha value is -2.63. The fourth-order valence-corrected chi connectivity index (χ4v) is 1.65. The van der Waals surface area contributed by atoms with Crippen molar-refractivity contribution in [2.45, 2.75) is 13.5 Å². The molecule has 0 saturated carbocycles. The lowest BCUT2D eigenvalue weighted by Gasteiger charge is -2.07. The predicted octanol–water partition coefficient (Wildman–Crippen LogP) is 2.62. The molecule has 0 bridgehead atoms. The van der Waals surface area contributed by atoms with Crippen molar-refractivity contribution in [1.82, 2.24) is 4.98 Å². The van der Waals surface area contributed by atoms with Crippen LogP contribution in [0.2, 0.25) is 0 Å². The summed E-state index contributed by atoms with van der Waals surface area (Å²) in [6.45, 7) is 2.16. The highest BCUT2D eigenvalue weighted by molar-refractivity contribution is 5.62. The van der Waals surface area contributed by atoms with Gasteiger partial charge in [0, 0.05) is 6.07 Å². The first-order chi connectivity index (χ1) is 9.06. The number of aromatic nitrogens is 1. The third-order valence-corrected chi connectivity index (χ3v) is 2.62. The van der Waals surface area contributed by atoms with Gasteiger partial charge >= 0.3 is 0 Å². The van der Waals surface area contributed by atoms with Gasteiger partial charge in [-0.05, 0) is 30.7 Å². The average molecular weight is 259 g/mol. The molecular formula is C13H13N3O3. The largest absolute Gasteiger partial charge is 0.506 e. The number of rotatable bonds is 4. The maximum atomic E-state index is 10.9. The van der Waals surface area contributed by atoms with Gasteiger partial charge in [-0.15, -0.1) is 0 Å². The molecule has 1 heterocycles. The molecule has 2 aromatic rings. The van der Waals surface area contributed by atoms with Crippen LogP contribution in [0.15, 0.2) is 36.5 Å². The molecule has 0 atom stereocenters. The van der Waals surface area contributed by atoms with Crippen LogP contribution in [0.3, 0.4) is 0 Å². The number of nitro groups is 1. The summed E-state index contributed by atoms with van der Waals surface area (Å²) in [5.74, 6) is 0.0880. The molecule has 0 aliphatic rings. The first-order valence-corrected chi connectivity index (χ1v) is 5.69. The molecule has 0 spiro atoms. The number of pyridine rings is 1. The van der Waals surface area contributed by atoms with E-state index >= 15 is 0 Å². The van der Waals surface area contributed by atoms with Crippen LogP contribution < -0.4 is 5.32 Å². The third-order valence-electron chi connectivity index (χ3n) is 2.62. The number of hydrogen-bond donors (Lipinski definition) is 2. The molecule has 2 N–H and O–H groups in total. The zero-order valence-electron chi connectivity index (χ0n) is 10.3. The van der Waals surface area contributed by atoms with Crippen molar-refractivity contribution in [3.63, 3.8) is 0 Å². The highest BCUT2D eigenvalue weighted by atomic mass is 16.6. The number of nitrogens with zero attached hydrogens (tertiary/aromatic N) is 2. The quantitative estimate of drug-likeness (QED) is 0.650. The Balaban J connectivity index is 2.15. The molecule has 0 fully saturated rings. The zero-order chi connectivity index (χ0) is 13.8. The van der Waals surface area contributed by atoms with Gasteiger partial charge in [-0.1, -0.05) is 6.07 Å². The van der Waals surface area contributed by atoms with Gasteiger partial charge < -0.3 is 10.4 Å². The van der Waals surface area contributed by atoms with Gasteiger partial charge in [-0.3, -0.25) is 15.1 Å². The summed E-state index contributed by atoms with van der Waals surface area (Å²) in [4.78, 5) is 14.5. The van der Waals surface area contributed by atoms with Gasteiger partial charge in [-0.2, -0.15) is 0 Å². The average Bonchev–Trinajstić information content (AvgIpc) is 2.39. The molecule has 1 aromatic carbocycles. The van der Waals surface area contributed by atoms with E-state index in [0.717, 1.165) is 5.56 Å². The Morgan fingerprint density at radius 3 is 2.79 bits per heavy atom. The van der Waals surface area contributed by atoms with Crippen LogP contribution >= 0.6 is 0 Å². The number of aromatic hydroxyl groups is 1. The molecular weight excluding hydrogens is 246 g/mol. The second kappa shape index (κ2) is 5.34. The number of nitrogens with one attached hydrogen (secondary N) is 1. The number of nitro benzene ring substituents is 1. The summed E-state index contributed by atoms with van der Waals surface area (Å²) >= 11 is 0. The van der Waals surface area contributed by atoms with E-state index in [1.165, 1.54) is 18.3 Å². The molecule has 0 radical (unpaired) electrons. The summed E-state index contributed by atoms with van der Waals surface area (Å²) in [5.41, 5.74) is 2.01. The van der Waals surface area contributed by atoms with Gasteiger partial charge in [-0.25, -0.2) is 0 Å². The first kappa shape index (κ1) is 12.8. The Bertz CT molecular complexity index is 597. The SMILES string of the molecule is Cc1ccc(NCc2ccc(O)cn2)c([N+](=O)[O-])c1. The number of benzene rings is 1. The standard InChI is InChI=1S/C13H13N3O3/c1-9-2-5-12(13(6-9)16(18)19)15-7-10-3-4-11(17)8-14-10/h2-6,8,15,17H,7H2,1H3. The van der Waals surface area contributed by atoms with Gasteiger partial charge in [0.25, 0.3) is 5.69 Å². The monoisotopic (exact) mass is 259 g/mol. The molecule has 0 unspecified atom stereocenters. The second-order valence-electron chi connectivity index (χ2n) is 4.14. The molecule has 98 valence electrons. The van der Waals surface area contributed by atoms with Crippen molar-refractivity contribution >= 4 is 11.4 Å². The normalized spacial score (nSPS) is 10.2. The zero-order valence-corrected chi connectivity index (χ0v) is 10.3. The Morgan fingerprint density at radius 1 is 1.37 bits per heavy atom. The summed E-state index contributed by atoms with van der Waals surface area (Å²) in [6.07, 6.45) is 1.33. The molecule has 0 amide bonds. The summed E-state index contributed by atoms with van der Waals surface area (Å²) in [7, 11) is 0. The molecule has 0 aliphatic carbocycles. The van der Waals surface area contributed by atoms with E-state index in [-0.39, 0.29) is 11.4 Å². The topological polar surface area (TPSA) is 88.3 Å². The van der Waals surface area contributed by atoms with E-state index < -0.39 is 4.92 Å². The fourth-order valence-electron chi connectivity index (χ4n) is 1.65. The van der Waals surface area contributed by atoms with Crippen LogP contribution in [0.1, 0.15) is 11.3 Å². The maximum Gasteiger partial charge on any atom is 0.292 e. The second-order valence-corrected chi connectivity index (χ2v) is 4.14. The van der Waals surface area contributed by atoms with Crippen molar-refractivity contribution in [2.75, 3.05) is 5.32 Å². The molecule has 6 nitrogen and oxygen atoms in total. The van der Waals surface area contributed by atoms with Crippen molar-refractivity contribution in [1.29, 1.82) is 0 Å². The molecule has 6 heteroatoms. The van der Waals surface area contributed by atoms with Crippen LogP contribution in [-0.2, 0) is 6.54 Å². The van der Waals surface area contributed by atoms with E-state index in [0.29, 0.717) is 17.9 Å². The molecule has 0 saturated heterocycles. The number of anilines is 1. The number of hydrogen-bond acceptors (Lipinski definition) is 5. The lowest BCUT2D eigenvalue weighted by molar-refractivity contribution is -0.384. The van der Waals surface area contributed by atoms with Gasteiger partial charge in [0.15, 0.2) is 0 Å². The lowest BCUT2D eigenvalue weighted by atomic mass is 10.2. The molecule has 1 aromatic heterocycles. The van der Waals surface area contributed by atoms with E-state index in [9.17, 15) is 10.1 Å². The van der Waals surface area contributed by atoms with Gasteiger partial charge in [0.2, 0.25) is 0 Å².